The molecule has 0 bridgehead atoms. The van der Waals surface area contributed by atoms with Crippen molar-refractivity contribution in [3.63, 3.8) is 0 Å². The van der Waals surface area contributed by atoms with E-state index in [1.807, 2.05) is 50.2 Å². The van der Waals surface area contributed by atoms with E-state index in [1.54, 1.807) is 28.7 Å². The van der Waals surface area contributed by atoms with Gasteiger partial charge in [-0.25, -0.2) is 9.78 Å². The van der Waals surface area contributed by atoms with Gasteiger partial charge in [0.05, 0.1) is 24.1 Å². The fourth-order valence-corrected chi connectivity index (χ4v) is 4.03. The average molecular weight is 451 g/mol. The van der Waals surface area contributed by atoms with Crippen LogP contribution in [0.3, 0.4) is 0 Å². The number of fused-ring (bicyclic) bond motifs is 1. The van der Waals surface area contributed by atoms with Crippen LogP contribution >= 0.6 is 0 Å². The highest BCUT2D eigenvalue weighted by Gasteiger charge is 2.26. The number of ether oxygens (including phenoxy) is 1. The van der Waals surface area contributed by atoms with Gasteiger partial charge in [0.25, 0.3) is 5.56 Å². The second-order valence-corrected chi connectivity index (χ2v) is 8.13. The number of amides is 2. The summed E-state index contributed by atoms with van der Waals surface area (Å²) >= 11 is 0. The van der Waals surface area contributed by atoms with Crippen molar-refractivity contribution in [1.82, 2.24) is 14.5 Å². The normalized spacial score (nSPS) is 11.9. The molecule has 33 heavy (non-hydrogen) atoms. The Morgan fingerprint density at radius 2 is 1.91 bits per heavy atom. The van der Waals surface area contributed by atoms with Crippen molar-refractivity contribution < 1.29 is 9.53 Å². The molecule has 1 atom stereocenters. The van der Waals surface area contributed by atoms with Crippen molar-refractivity contribution in [3.05, 3.63) is 64.7 Å². The van der Waals surface area contributed by atoms with Crippen LogP contribution in [0.5, 0.6) is 5.75 Å². The van der Waals surface area contributed by atoms with E-state index in [-0.39, 0.29) is 17.6 Å². The average Bonchev–Trinajstić information content (AvgIpc) is 2.83. The maximum absolute atomic E-state index is 13.4. The second-order valence-electron chi connectivity index (χ2n) is 8.13. The summed E-state index contributed by atoms with van der Waals surface area (Å²) in [6, 6.07) is 14.0. The van der Waals surface area contributed by atoms with Crippen molar-refractivity contribution >= 4 is 22.6 Å². The summed E-state index contributed by atoms with van der Waals surface area (Å²) in [7, 11) is 1.60. The van der Waals surface area contributed by atoms with Crippen molar-refractivity contribution in [2.45, 2.75) is 59.0 Å². The monoisotopic (exact) mass is 450 g/mol. The molecule has 1 heterocycles. The standard InChI is InChI=1S/C26H34N4O3/c1-5-7-8-11-17-30(26(32)27-20-13-12-14-21(18-20)33-4)19(3)24-28-23-16-10-9-15-22(23)25(31)29(24)6-2/h9-10,12-16,18-19H,5-8,11,17H2,1-4H3,(H,27,32). The summed E-state index contributed by atoms with van der Waals surface area (Å²) in [4.78, 5) is 33.1. The van der Waals surface area contributed by atoms with Crippen LogP contribution in [-0.2, 0) is 6.54 Å². The fraction of sp³-hybridized carbons (Fsp3) is 0.423. The number of unbranched alkanes of at least 4 members (excludes halogenated alkanes) is 3. The van der Waals surface area contributed by atoms with Crippen molar-refractivity contribution in [1.29, 1.82) is 0 Å². The van der Waals surface area contributed by atoms with E-state index in [2.05, 4.69) is 12.2 Å². The van der Waals surface area contributed by atoms with Gasteiger partial charge in [-0.15, -0.1) is 0 Å². The molecular formula is C26H34N4O3. The SMILES string of the molecule is CCCCCCN(C(=O)Nc1cccc(OC)c1)C(C)c1nc2ccccc2c(=O)n1CC. The van der Waals surface area contributed by atoms with E-state index in [1.165, 1.54) is 0 Å². The molecule has 7 heteroatoms. The van der Waals surface area contributed by atoms with Crippen LogP contribution in [0.15, 0.2) is 53.3 Å². The third-order valence-corrected chi connectivity index (χ3v) is 5.88. The zero-order valence-corrected chi connectivity index (χ0v) is 20.0. The molecule has 7 nitrogen and oxygen atoms in total. The van der Waals surface area contributed by atoms with Crippen molar-refractivity contribution in [2.24, 2.45) is 0 Å². The number of nitrogens with zero attached hydrogens (tertiary/aromatic N) is 3. The minimum Gasteiger partial charge on any atom is -0.497 e. The Bertz CT molecular complexity index is 1140. The lowest BCUT2D eigenvalue weighted by molar-refractivity contribution is 0.186. The van der Waals surface area contributed by atoms with Crippen LogP contribution in [0, 0.1) is 0 Å². The third-order valence-electron chi connectivity index (χ3n) is 5.88. The Balaban J connectivity index is 1.95. The molecule has 3 aromatic rings. The van der Waals surface area contributed by atoms with Gasteiger partial charge < -0.3 is 15.0 Å². The maximum atomic E-state index is 13.4. The molecule has 3 rings (SSSR count). The van der Waals surface area contributed by atoms with E-state index in [0.717, 1.165) is 25.7 Å². The number of urea groups is 1. The molecule has 0 fully saturated rings. The van der Waals surface area contributed by atoms with E-state index in [0.29, 0.717) is 41.3 Å². The number of carbonyl (C=O) groups is 1. The summed E-state index contributed by atoms with van der Waals surface area (Å²) in [5.74, 6) is 1.27. The number of benzene rings is 2. The predicted molar refractivity (Wildman–Crippen MR) is 133 cm³/mol. The van der Waals surface area contributed by atoms with Gasteiger partial charge in [0, 0.05) is 24.8 Å². The highest BCUT2D eigenvalue weighted by atomic mass is 16.5. The van der Waals surface area contributed by atoms with Crippen LogP contribution < -0.4 is 15.6 Å². The smallest absolute Gasteiger partial charge is 0.322 e. The number of nitrogens with one attached hydrogen (secondary N) is 1. The summed E-state index contributed by atoms with van der Waals surface area (Å²) in [5.41, 5.74) is 1.22. The van der Waals surface area contributed by atoms with Gasteiger partial charge in [-0.05, 0) is 44.5 Å². The molecular weight excluding hydrogens is 416 g/mol. The first-order valence-electron chi connectivity index (χ1n) is 11.7. The molecule has 1 aromatic heterocycles. The maximum Gasteiger partial charge on any atom is 0.322 e. The first-order valence-corrected chi connectivity index (χ1v) is 11.7. The molecule has 0 saturated heterocycles. The summed E-state index contributed by atoms with van der Waals surface area (Å²) in [6.45, 7) is 7.08. The fourth-order valence-electron chi connectivity index (χ4n) is 4.03. The number of para-hydroxylation sites is 1. The Labute approximate surface area is 195 Å². The lowest BCUT2D eigenvalue weighted by atomic mass is 10.1. The van der Waals surface area contributed by atoms with Gasteiger partial charge in [-0.3, -0.25) is 9.36 Å². The number of anilines is 1. The quantitative estimate of drug-likeness (QED) is 0.408. The number of hydrogen-bond donors (Lipinski definition) is 1. The molecule has 0 radical (unpaired) electrons. The van der Waals surface area contributed by atoms with Gasteiger partial charge in [0.1, 0.15) is 11.6 Å². The molecule has 0 spiro atoms. The number of aromatic nitrogens is 2. The minimum atomic E-state index is -0.380. The highest BCUT2D eigenvalue weighted by molar-refractivity contribution is 5.89. The first kappa shape index (κ1) is 24.3. The summed E-state index contributed by atoms with van der Waals surface area (Å²) in [5, 5.41) is 3.58. The summed E-state index contributed by atoms with van der Waals surface area (Å²) in [6.07, 6.45) is 4.16. The van der Waals surface area contributed by atoms with Crippen molar-refractivity contribution in [3.8, 4) is 5.75 Å². The lowest BCUT2D eigenvalue weighted by Gasteiger charge is -2.30. The molecule has 2 amide bonds. The van der Waals surface area contributed by atoms with Crippen LogP contribution in [0.1, 0.15) is 58.3 Å². The van der Waals surface area contributed by atoms with Gasteiger partial charge in [0.2, 0.25) is 0 Å². The number of methoxy groups -OCH3 is 1. The molecule has 1 unspecified atom stereocenters. The molecule has 2 aromatic carbocycles. The van der Waals surface area contributed by atoms with E-state index >= 15 is 0 Å². The number of carbonyl (C=O) groups excluding carboxylic acids is 1. The predicted octanol–water partition coefficient (Wildman–Crippen LogP) is 5.60. The van der Waals surface area contributed by atoms with Gasteiger partial charge in [-0.1, -0.05) is 44.4 Å². The molecule has 0 saturated carbocycles. The number of hydrogen-bond acceptors (Lipinski definition) is 4. The van der Waals surface area contributed by atoms with Crippen LogP contribution in [0.4, 0.5) is 10.5 Å². The van der Waals surface area contributed by atoms with Crippen molar-refractivity contribution in [2.75, 3.05) is 19.0 Å². The third kappa shape index (κ3) is 5.72. The van der Waals surface area contributed by atoms with Gasteiger partial charge >= 0.3 is 6.03 Å². The Hall–Kier alpha value is -3.35. The molecule has 0 aliphatic heterocycles. The number of rotatable bonds is 10. The molecule has 0 aliphatic rings. The van der Waals surface area contributed by atoms with Crippen LogP contribution in [0.2, 0.25) is 0 Å². The second kappa shape index (κ2) is 11.5. The molecule has 176 valence electrons. The zero-order valence-electron chi connectivity index (χ0n) is 20.0. The Morgan fingerprint density at radius 3 is 2.64 bits per heavy atom. The zero-order chi connectivity index (χ0) is 23.8. The largest absolute Gasteiger partial charge is 0.497 e. The lowest BCUT2D eigenvalue weighted by Crippen LogP contribution is -2.40. The van der Waals surface area contributed by atoms with E-state index in [4.69, 9.17) is 9.72 Å². The minimum absolute atomic E-state index is 0.0795. The summed E-state index contributed by atoms with van der Waals surface area (Å²) < 4.78 is 6.95. The van der Waals surface area contributed by atoms with E-state index in [9.17, 15) is 9.59 Å². The molecule has 0 aliphatic carbocycles. The van der Waals surface area contributed by atoms with E-state index < -0.39 is 0 Å². The Morgan fingerprint density at radius 1 is 1.12 bits per heavy atom. The Kier molecular flexibility index (Phi) is 8.46. The molecule has 1 N–H and O–H groups in total. The highest BCUT2D eigenvalue weighted by Crippen LogP contribution is 2.23. The topological polar surface area (TPSA) is 76.5 Å². The van der Waals surface area contributed by atoms with Gasteiger partial charge in [0.15, 0.2) is 0 Å². The first-order chi connectivity index (χ1) is 16.0. The van der Waals surface area contributed by atoms with Gasteiger partial charge in [-0.2, -0.15) is 0 Å². The van der Waals surface area contributed by atoms with Crippen LogP contribution in [0.25, 0.3) is 10.9 Å². The van der Waals surface area contributed by atoms with Crippen LogP contribution in [-0.4, -0.2) is 34.1 Å².